The number of hydrogen-bond acceptors (Lipinski definition) is 2. The Bertz CT molecular complexity index is 136. The van der Waals surface area contributed by atoms with Crippen LogP contribution in [0.5, 0.6) is 0 Å². The highest BCUT2D eigenvalue weighted by Gasteiger charge is 2.48. The van der Waals surface area contributed by atoms with Gasteiger partial charge in [-0.15, -0.1) is 0 Å². The predicted molar refractivity (Wildman–Crippen MR) is 56.3 cm³/mol. The largest absolute Gasteiger partial charge is 0.323 e. The van der Waals surface area contributed by atoms with Crippen LogP contribution >= 0.6 is 7.26 Å². The van der Waals surface area contributed by atoms with Crippen molar-refractivity contribution in [1.29, 1.82) is 0 Å². The fourth-order valence-electron chi connectivity index (χ4n) is 1.04. The lowest BCUT2D eigenvalue weighted by Gasteiger charge is -2.35. The van der Waals surface area contributed by atoms with Crippen LogP contribution in [0.4, 0.5) is 0 Å². The van der Waals surface area contributed by atoms with Crippen molar-refractivity contribution >= 4 is 7.26 Å². The molecule has 0 aromatic rings. The van der Waals surface area contributed by atoms with Gasteiger partial charge >= 0.3 is 0 Å². The summed E-state index contributed by atoms with van der Waals surface area (Å²) in [6.45, 7) is 11.5. The van der Waals surface area contributed by atoms with Crippen molar-refractivity contribution in [3.05, 3.63) is 0 Å². The van der Waals surface area contributed by atoms with Gasteiger partial charge in [0, 0.05) is 14.0 Å². The van der Waals surface area contributed by atoms with E-state index in [0.717, 1.165) is 6.16 Å². The van der Waals surface area contributed by atoms with Crippen molar-refractivity contribution < 1.29 is 9.47 Å². The van der Waals surface area contributed by atoms with Crippen LogP contribution in [0.25, 0.3) is 0 Å². The summed E-state index contributed by atoms with van der Waals surface area (Å²) >= 11 is 0. The minimum absolute atomic E-state index is 0.351. The molecular weight excluding hydrogens is 171 g/mol. The first-order chi connectivity index (χ1) is 5.43. The fourth-order valence-corrected chi connectivity index (χ4v) is 2.58. The Kier molecular flexibility index (Phi) is 4.68. The molecule has 1 atom stereocenters. The first-order valence-corrected chi connectivity index (χ1v) is 7.32. The van der Waals surface area contributed by atoms with Gasteiger partial charge in [-0.05, 0) is 13.8 Å². The maximum atomic E-state index is 5.66. The minimum Gasteiger partial charge on any atom is -0.323 e. The Hall–Kier alpha value is 0.350. The summed E-state index contributed by atoms with van der Waals surface area (Å²) in [6.07, 6.45) is 1.15. The van der Waals surface area contributed by atoms with Crippen LogP contribution in [0.3, 0.4) is 0 Å². The van der Waals surface area contributed by atoms with E-state index in [1.807, 2.05) is 13.8 Å². The lowest BCUT2D eigenvalue weighted by molar-refractivity contribution is -0.144. The fraction of sp³-hybridized carbons (Fsp3) is 1.00. The Morgan fingerprint density at radius 1 is 1.25 bits per heavy atom. The molecule has 0 radical (unpaired) electrons. The maximum Gasteiger partial charge on any atom is 0.279 e. The first-order valence-electron chi connectivity index (χ1n) is 4.45. The summed E-state index contributed by atoms with van der Waals surface area (Å²) in [7, 11) is 0.623. The van der Waals surface area contributed by atoms with Gasteiger partial charge in [-0.1, -0.05) is 0 Å². The molecule has 0 bridgehead atoms. The van der Waals surface area contributed by atoms with Crippen molar-refractivity contribution in [2.45, 2.75) is 26.3 Å². The SMILES string of the molecule is CCOC(C)(OC)[P+](C)(C)CC. The molecule has 0 aromatic heterocycles. The monoisotopic (exact) mass is 193 g/mol. The van der Waals surface area contributed by atoms with Crippen molar-refractivity contribution in [3.8, 4) is 0 Å². The van der Waals surface area contributed by atoms with Crippen molar-refractivity contribution in [3.63, 3.8) is 0 Å². The van der Waals surface area contributed by atoms with Gasteiger partial charge in [0.15, 0.2) is 0 Å². The molecule has 0 spiro atoms. The molecule has 0 aromatic carbocycles. The van der Waals surface area contributed by atoms with E-state index in [1.54, 1.807) is 7.11 Å². The molecule has 1 unspecified atom stereocenters. The van der Waals surface area contributed by atoms with Crippen LogP contribution in [0.2, 0.25) is 0 Å². The highest BCUT2D eigenvalue weighted by molar-refractivity contribution is 7.75. The third-order valence-electron chi connectivity index (χ3n) is 2.68. The zero-order valence-corrected chi connectivity index (χ0v) is 10.1. The van der Waals surface area contributed by atoms with E-state index in [-0.39, 0.29) is 5.53 Å². The van der Waals surface area contributed by atoms with Gasteiger partial charge in [-0.2, -0.15) is 0 Å². The molecule has 12 heavy (non-hydrogen) atoms. The summed E-state index contributed by atoms with van der Waals surface area (Å²) in [4.78, 5) is 0. The Morgan fingerprint density at radius 2 is 1.75 bits per heavy atom. The number of hydrogen-bond donors (Lipinski definition) is 0. The second-order valence-corrected chi connectivity index (χ2v) is 8.35. The van der Waals surface area contributed by atoms with Crippen LogP contribution in [-0.2, 0) is 9.47 Å². The lowest BCUT2D eigenvalue weighted by Crippen LogP contribution is -2.34. The molecule has 74 valence electrons. The van der Waals surface area contributed by atoms with E-state index >= 15 is 0 Å². The van der Waals surface area contributed by atoms with E-state index < -0.39 is 7.26 Å². The average Bonchev–Trinajstić information content (AvgIpc) is 2.04. The van der Waals surface area contributed by atoms with Crippen LogP contribution in [-0.4, -0.2) is 38.7 Å². The average molecular weight is 193 g/mol. The molecular formula is C9H22O2P+. The topological polar surface area (TPSA) is 18.5 Å². The second kappa shape index (κ2) is 4.55. The smallest absolute Gasteiger partial charge is 0.279 e. The molecule has 0 fully saturated rings. The number of rotatable bonds is 5. The molecule has 0 heterocycles. The predicted octanol–water partition coefficient (Wildman–Crippen LogP) is 2.64. The molecule has 0 amide bonds. The third-order valence-corrected chi connectivity index (χ3v) is 6.77. The normalized spacial score (nSPS) is 17.5. The van der Waals surface area contributed by atoms with E-state index in [2.05, 4.69) is 20.3 Å². The third kappa shape index (κ3) is 2.42. The van der Waals surface area contributed by atoms with Crippen LogP contribution in [0.1, 0.15) is 20.8 Å². The molecule has 0 saturated heterocycles. The molecule has 2 nitrogen and oxygen atoms in total. The molecule has 0 N–H and O–H groups in total. The highest BCUT2D eigenvalue weighted by Crippen LogP contribution is 2.63. The van der Waals surface area contributed by atoms with E-state index in [9.17, 15) is 0 Å². The number of ether oxygens (including phenoxy) is 2. The van der Waals surface area contributed by atoms with Crippen molar-refractivity contribution in [2.24, 2.45) is 0 Å². The molecule has 0 aliphatic rings. The van der Waals surface area contributed by atoms with Gasteiger partial charge in [-0.3, -0.25) is 0 Å². The van der Waals surface area contributed by atoms with Crippen LogP contribution < -0.4 is 0 Å². The van der Waals surface area contributed by atoms with E-state index in [4.69, 9.17) is 9.47 Å². The maximum absolute atomic E-state index is 5.66. The zero-order chi connectivity index (χ0) is 9.83. The molecule has 3 heteroatoms. The van der Waals surface area contributed by atoms with Gasteiger partial charge in [-0.25, -0.2) is 0 Å². The molecule has 0 rings (SSSR count). The zero-order valence-electron chi connectivity index (χ0n) is 9.18. The minimum atomic E-state index is -1.11. The van der Waals surface area contributed by atoms with Gasteiger partial charge in [0.05, 0.1) is 33.4 Å². The Morgan fingerprint density at radius 3 is 2.00 bits per heavy atom. The van der Waals surface area contributed by atoms with Crippen molar-refractivity contribution in [2.75, 3.05) is 33.2 Å². The van der Waals surface area contributed by atoms with Gasteiger partial charge < -0.3 is 9.47 Å². The highest BCUT2D eigenvalue weighted by atomic mass is 31.2. The van der Waals surface area contributed by atoms with Crippen molar-refractivity contribution in [1.82, 2.24) is 0 Å². The summed E-state index contributed by atoms with van der Waals surface area (Å²) in [5.74, 6) is 0. The Balaban J connectivity index is 4.49. The van der Waals surface area contributed by atoms with Gasteiger partial charge in [0.2, 0.25) is 0 Å². The van der Waals surface area contributed by atoms with Crippen LogP contribution in [0, 0.1) is 0 Å². The molecule has 0 aliphatic heterocycles. The summed E-state index contributed by atoms with van der Waals surface area (Å²) in [5, 5.41) is 0. The van der Waals surface area contributed by atoms with E-state index in [0.29, 0.717) is 6.61 Å². The molecule has 0 saturated carbocycles. The summed E-state index contributed by atoms with van der Waals surface area (Å²) in [6, 6.07) is 0. The first kappa shape index (κ1) is 12.3. The van der Waals surface area contributed by atoms with Gasteiger partial charge in [0.25, 0.3) is 5.53 Å². The number of methoxy groups -OCH3 is 1. The quantitative estimate of drug-likeness (QED) is 0.493. The lowest BCUT2D eigenvalue weighted by atomic mass is 10.7. The Labute approximate surface area is 77.0 Å². The van der Waals surface area contributed by atoms with E-state index in [1.165, 1.54) is 0 Å². The second-order valence-electron chi connectivity index (χ2n) is 3.54. The summed E-state index contributed by atoms with van der Waals surface area (Å²) < 4.78 is 11.1. The standard InChI is InChI=1S/C9H22O2P/c1-7-11-9(3,10-4)12(5,6)8-2/h7-8H2,1-6H3/q+1. The molecule has 0 aliphatic carbocycles. The summed E-state index contributed by atoms with van der Waals surface area (Å²) in [5.41, 5.74) is -0.351. The van der Waals surface area contributed by atoms with Gasteiger partial charge in [0.1, 0.15) is 0 Å². The van der Waals surface area contributed by atoms with Crippen LogP contribution in [0.15, 0.2) is 0 Å².